The zero-order chi connectivity index (χ0) is 14.8. The number of anilines is 2. The SMILES string of the molecule is Cc1nc(NN)nc(NC2(C)CCOCC2)c1[N+](=O)[O-]. The molecule has 2 rings (SSSR count). The van der Waals surface area contributed by atoms with Gasteiger partial charge in [0, 0.05) is 18.8 Å². The van der Waals surface area contributed by atoms with Crippen LogP contribution < -0.4 is 16.6 Å². The second kappa shape index (κ2) is 5.55. The summed E-state index contributed by atoms with van der Waals surface area (Å²) in [4.78, 5) is 18.7. The number of nitrogens with one attached hydrogen (secondary N) is 2. The van der Waals surface area contributed by atoms with Crippen LogP contribution in [0.2, 0.25) is 0 Å². The van der Waals surface area contributed by atoms with Crippen molar-refractivity contribution in [3.05, 3.63) is 15.8 Å². The Kier molecular flexibility index (Phi) is 4.00. The van der Waals surface area contributed by atoms with Gasteiger partial charge in [0.2, 0.25) is 11.8 Å². The summed E-state index contributed by atoms with van der Waals surface area (Å²) in [6.07, 6.45) is 1.50. The number of ether oxygens (including phenoxy) is 1. The lowest BCUT2D eigenvalue weighted by atomic mass is 9.92. The van der Waals surface area contributed by atoms with Gasteiger partial charge in [-0.25, -0.2) is 10.8 Å². The predicted molar refractivity (Wildman–Crippen MR) is 73.3 cm³/mol. The summed E-state index contributed by atoms with van der Waals surface area (Å²) in [6, 6.07) is 0. The Hall–Kier alpha value is -2.00. The normalized spacial score (nSPS) is 17.6. The number of nitrogens with zero attached hydrogens (tertiary/aromatic N) is 3. The second-order valence-electron chi connectivity index (χ2n) is 5.03. The fourth-order valence-electron chi connectivity index (χ4n) is 2.17. The molecule has 0 bridgehead atoms. The quantitative estimate of drug-likeness (QED) is 0.423. The third-order valence-corrected chi connectivity index (χ3v) is 3.39. The third-order valence-electron chi connectivity index (χ3n) is 3.39. The van der Waals surface area contributed by atoms with Gasteiger partial charge in [-0.3, -0.25) is 15.5 Å². The summed E-state index contributed by atoms with van der Waals surface area (Å²) in [5.74, 6) is 5.61. The van der Waals surface area contributed by atoms with E-state index >= 15 is 0 Å². The molecule has 20 heavy (non-hydrogen) atoms. The van der Waals surface area contributed by atoms with Gasteiger partial charge < -0.3 is 10.1 Å². The van der Waals surface area contributed by atoms with Gasteiger partial charge in [-0.05, 0) is 26.7 Å². The molecule has 0 aliphatic carbocycles. The second-order valence-corrected chi connectivity index (χ2v) is 5.03. The van der Waals surface area contributed by atoms with Crippen LogP contribution in [-0.4, -0.2) is 33.6 Å². The smallest absolute Gasteiger partial charge is 0.332 e. The van der Waals surface area contributed by atoms with E-state index in [9.17, 15) is 10.1 Å². The minimum absolute atomic E-state index is 0.128. The van der Waals surface area contributed by atoms with Gasteiger partial charge in [0.05, 0.1) is 4.92 Å². The predicted octanol–water partition coefficient (Wildman–Crippen LogP) is 0.960. The molecule has 1 fully saturated rings. The fourth-order valence-corrected chi connectivity index (χ4v) is 2.17. The molecule has 0 aromatic carbocycles. The molecule has 0 spiro atoms. The van der Waals surface area contributed by atoms with E-state index in [4.69, 9.17) is 10.6 Å². The van der Waals surface area contributed by atoms with Crippen LogP contribution in [0.1, 0.15) is 25.5 Å². The first kappa shape index (κ1) is 14.4. The Morgan fingerprint density at radius 2 is 2.05 bits per heavy atom. The molecule has 0 amide bonds. The van der Waals surface area contributed by atoms with Crippen LogP contribution in [0, 0.1) is 17.0 Å². The lowest BCUT2D eigenvalue weighted by molar-refractivity contribution is -0.385. The van der Waals surface area contributed by atoms with Gasteiger partial charge in [0.25, 0.3) is 0 Å². The van der Waals surface area contributed by atoms with Crippen LogP contribution in [0.5, 0.6) is 0 Å². The number of rotatable bonds is 4. The highest BCUT2D eigenvalue weighted by Gasteiger charge is 2.32. The van der Waals surface area contributed by atoms with E-state index in [1.165, 1.54) is 0 Å². The van der Waals surface area contributed by atoms with Crippen LogP contribution in [-0.2, 0) is 4.74 Å². The lowest BCUT2D eigenvalue weighted by Gasteiger charge is -2.34. The highest BCUT2D eigenvalue weighted by atomic mass is 16.6. The fraction of sp³-hybridized carbons (Fsp3) is 0.636. The molecular formula is C11H18N6O3. The van der Waals surface area contributed by atoms with Gasteiger partial charge in [-0.1, -0.05) is 0 Å². The van der Waals surface area contributed by atoms with Crippen LogP contribution in [0.15, 0.2) is 0 Å². The number of hydrazine groups is 1. The van der Waals surface area contributed by atoms with Crippen molar-refractivity contribution >= 4 is 17.5 Å². The minimum atomic E-state index is -0.485. The molecule has 4 N–H and O–H groups in total. The zero-order valence-corrected chi connectivity index (χ0v) is 11.5. The first-order chi connectivity index (χ1) is 9.45. The van der Waals surface area contributed by atoms with E-state index in [1.807, 2.05) is 6.92 Å². The molecule has 0 saturated carbocycles. The molecule has 0 radical (unpaired) electrons. The molecule has 0 atom stereocenters. The minimum Gasteiger partial charge on any atom is -0.381 e. The van der Waals surface area contributed by atoms with Crippen LogP contribution >= 0.6 is 0 Å². The van der Waals surface area contributed by atoms with Crippen LogP contribution in [0.3, 0.4) is 0 Å². The van der Waals surface area contributed by atoms with Crippen LogP contribution in [0.25, 0.3) is 0 Å². The summed E-state index contributed by atoms with van der Waals surface area (Å²) in [5.41, 5.74) is 2.15. The Bertz CT molecular complexity index is 515. The Morgan fingerprint density at radius 3 is 2.60 bits per heavy atom. The highest BCUT2D eigenvalue weighted by molar-refractivity contribution is 5.61. The van der Waals surface area contributed by atoms with Gasteiger partial charge >= 0.3 is 5.69 Å². The van der Waals surface area contributed by atoms with Crippen molar-refractivity contribution in [2.45, 2.75) is 32.2 Å². The number of aryl methyl sites for hydroxylation is 1. The molecule has 2 heterocycles. The maximum absolute atomic E-state index is 11.2. The molecule has 1 aromatic rings. The molecular weight excluding hydrogens is 264 g/mol. The number of hydrogen-bond donors (Lipinski definition) is 3. The van der Waals surface area contributed by atoms with Crippen molar-refractivity contribution in [2.24, 2.45) is 5.84 Å². The molecule has 1 aliphatic heterocycles. The van der Waals surface area contributed by atoms with Gasteiger partial charge in [-0.2, -0.15) is 4.98 Å². The lowest BCUT2D eigenvalue weighted by Crippen LogP contribution is -2.41. The molecule has 1 saturated heterocycles. The Labute approximate surface area is 116 Å². The van der Waals surface area contributed by atoms with Gasteiger partial charge in [0.1, 0.15) is 5.69 Å². The van der Waals surface area contributed by atoms with E-state index in [0.29, 0.717) is 13.2 Å². The van der Waals surface area contributed by atoms with E-state index in [0.717, 1.165) is 12.8 Å². The number of nitrogens with two attached hydrogens (primary N) is 1. The molecule has 110 valence electrons. The van der Waals surface area contributed by atoms with E-state index in [2.05, 4.69) is 20.7 Å². The van der Waals surface area contributed by atoms with Crippen molar-refractivity contribution in [3.63, 3.8) is 0 Å². The standard InChI is InChI=1S/C11H18N6O3/c1-7-8(17(18)19)9(14-10(13-7)16-12)15-11(2)3-5-20-6-4-11/h3-6,12H2,1-2H3,(H2,13,14,15,16). The average Bonchev–Trinajstić information content (AvgIpc) is 2.37. The first-order valence-electron chi connectivity index (χ1n) is 6.31. The van der Waals surface area contributed by atoms with Gasteiger partial charge in [-0.15, -0.1) is 0 Å². The average molecular weight is 282 g/mol. The van der Waals surface area contributed by atoms with E-state index in [-0.39, 0.29) is 28.7 Å². The van der Waals surface area contributed by atoms with E-state index < -0.39 is 4.92 Å². The summed E-state index contributed by atoms with van der Waals surface area (Å²) >= 11 is 0. The molecule has 0 unspecified atom stereocenters. The van der Waals surface area contributed by atoms with Crippen molar-refractivity contribution in [2.75, 3.05) is 24.0 Å². The third kappa shape index (κ3) is 2.94. The van der Waals surface area contributed by atoms with Crippen molar-refractivity contribution in [1.82, 2.24) is 9.97 Å². The molecule has 1 aromatic heterocycles. The maximum atomic E-state index is 11.2. The summed E-state index contributed by atoms with van der Waals surface area (Å²) in [5, 5.41) is 14.4. The van der Waals surface area contributed by atoms with Crippen molar-refractivity contribution in [3.8, 4) is 0 Å². The maximum Gasteiger partial charge on any atom is 0.332 e. The largest absolute Gasteiger partial charge is 0.381 e. The Balaban J connectivity index is 2.38. The highest BCUT2D eigenvalue weighted by Crippen LogP contribution is 2.32. The van der Waals surface area contributed by atoms with Gasteiger partial charge in [0.15, 0.2) is 0 Å². The number of hydrogen-bond acceptors (Lipinski definition) is 8. The number of aromatic nitrogens is 2. The number of nitrogen functional groups attached to an aromatic ring is 1. The molecule has 1 aliphatic rings. The zero-order valence-electron chi connectivity index (χ0n) is 11.5. The summed E-state index contributed by atoms with van der Waals surface area (Å²) in [6.45, 7) is 4.77. The first-order valence-corrected chi connectivity index (χ1v) is 6.31. The number of nitro groups is 1. The Morgan fingerprint density at radius 1 is 1.40 bits per heavy atom. The summed E-state index contributed by atoms with van der Waals surface area (Å²) in [7, 11) is 0. The monoisotopic (exact) mass is 282 g/mol. The topological polar surface area (TPSA) is 128 Å². The molecule has 9 nitrogen and oxygen atoms in total. The van der Waals surface area contributed by atoms with Crippen molar-refractivity contribution < 1.29 is 9.66 Å². The van der Waals surface area contributed by atoms with Crippen molar-refractivity contribution in [1.29, 1.82) is 0 Å². The van der Waals surface area contributed by atoms with E-state index in [1.54, 1.807) is 6.92 Å². The van der Waals surface area contributed by atoms with Crippen LogP contribution in [0.4, 0.5) is 17.5 Å². The summed E-state index contributed by atoms with van der Waals surface area (Å²) < 4.78 is 5.31. The molecule has 9 heteroatoms.